The summed E-state index contributed by atoms with van der Waals surface area (Å²) in [5.74, 6) is -0.294. The number of halogens is 1. The zero-order chi connectivity index (χ0) is 21.4. The van der Waals surface area contributed by atoms with Crippen LogP contribution in [0.25, 0.3) is 20.9 Å². The number of nitrogens with one attached hydrogen (secondary N) is 1. The maximum Gasteiger partial charge on any atom is 0.144 e. The third kappa shape index (κ3) is 4.05. The molecule has 0 amide bonds. The number of pyridine rings is 1. The first kappa shape index (κ1) is 20.4. The van der Waals surface area contributed by atoms with Crippen LogP contribution in [0.2, 0.25) is 0 Å². The van der Waals surface area contributed by atoms with E-state index >= 15 is 0 Å². The van der Waals surface area contributed by atoms with Gasteiger partial charge in [0, 0.05) is 23.8 Å². The highest BCUT2D eigenvalue weighted by Crippen LogP contribution is 2.53. The molecule has 1 aliphatic carbocycles. The van der Waals surface area contributed by atoms with Gasteiger partial charge in [0.25, 0.3) is 0 Å². The molecule has 1 aliphatic rings. The normalized spacial score (nSPS) is 15.8. The fourth-order valence-corrected chi connectivity index (χ4v) is 5.35. The van der Waals surface area contributed by atoms with E-state index in [-0.39, 0.29) is 11.2 Å². The Morgan fingerprint density at radius 3 is 2.61 bits per heavy atom. The van der Waals surface area contributed by atoms with Crippen molar-refractivity contribution in [1.82, 2.24) is 14.7 Å². The van der Waals surface area contributed by atoms with Gasteiger partial charge in [-0.1, -0.05) is 47.7 Å². The highest BCUT2D eigenvalue weighted by Gasteiger charge is 2.47. The first-order chi connectivity index (χ1) is 15.0. The van der Waals surface area contributed by atoms with Crippen molar-refractivity contribution in [3.05, 3.63) is 83.3 Å². The lowest BCUT2D eigenvalue weighted by Gasteiger charge is -2.14. The Hall–Kier alpha value is -2.48. The zero-order valence-electron chi connectivity index (χ0n) is 17.1. The topological polar surface area (TPSA) is 54.9 Å². The van der Waals surface area contributed by atoms with Crippen LogP contribution in [-0.4, -0.2) is 27.0 Å². The first-order valence-corrected chi connectivity index (χ1v) is 12.6. The van der Waals surface area contributed by atoms with Crippen molar-refractivity contribution in [3.63, 3.8) is 0 Å². The third-order valence-electron chi connectivity index (χ3n) is 5.81. The van der Waals surface area contributed by atoms with Crippen LogP contribution in [0.15, 0.2) is 60.7 Å². The van der Waals surface area contributed by atoms with Crippen LogP contribution in [0.3, 0.4) is 0 Å². The molecular formula is C24H22FN3OS2. The molecule has 1 fully saturated rings. The molecule has 1 atom stereocenters. The van der Waals surface area contributed by atoms with Crippen LogP contribution in [0, 0.1) is 5.82 Å². The van der Waals surface area contributed by atoms with Crippen molar-refractivity contribution < 1.29 is 8.60 Å². The van der Waals surface area contributed by atoms with Crippen LogP contribution in [0.1, 0.15) is 29.7 Å². The summed E-state index contributed by atoms with van der Waals surface area (Å²) >= 11 is 1.43. The average Bonchev–Trinajstić information content (AvgIpc) is 3.47. The summed E-state index contributed by atoms with van der Waals surface area (Å²) in [5.41, 5.74) is 4.52. The number of hydrogen-bond donors (Lipinski definition) is 1. The molecule has 0 spiro atoms. The van der Waals surface area contributed by atoms with Crippen LogP contribution in [-0.2, 0) is 22.8 Å². The van der Waals surface area contributed by atoms with E-state index in [1.165, 1.54) is 23.0 Å². The summed E-state index contributed by atoms with van der Waals surface area (Å²) in [6.45, 7) is 0.541. The molecule has 1 saturated carbocycles. The van der Waals surface area contributed by atoms with Crippen molar-refractivity contribution in [1.29, 1.82) is 0 Å². The molecule has 2 heterocycles. The maximum atomic E-state index is 14.8. The Kier molecular flexibility index (Phi) is 5.42. The molecule has 5 rings (SSSR count). The lowest BCUT2D eigenvalue weighted by molar-refractivity contribution is 0.628. The van der Waals surface area contributed by atoms with Gasteiger partial charge in [-0.2, -0.15) is 0 Å². The van der Waals surface area contributed by atoms with Gasteiger partial charge in [-0.05, 0) is 54.7 Å². The summed E-state index contributed by atoms with van der Waals surface area (Å²) in [6.07, 6.45) is 4.39. The summed E-state index contributed by atoms with van der Waals surface area (Å²) in [6, 6.07) is 19.8. The molecule has 31 heavy (non-hydrogen) atoms. The number of nitrogens with zero attached hydrogens (tertiary/aromatic N) is 2. The van der Waals surface area contributed by atoms with E-state index in [0.29, 0.717) is 23.5 Å². The van der Waals surface area contributed by atoms with E-state index in [4.69, 9.17) is 4.98 Å². The predicted octanol–water partition coefficient (Wildman–Crippen LogP) is 5.00. The smallest absolute Gasteiger partial charge is 0.144 e. The molecule has 7 heteroatoms. The minimum atomic E-state index is -1.06. The number of fused-ring (bicyclic) bond motifs is 1. The standard InChI is InChI=1S/C24H22FN3OS2/c1-31(29)26-14-11-16-7-8-18(19(25)15-16)22-27-20-9-10-21(28-23(20)30-22)24(12-13-24)17-5-3-2-4-6-17/h2-10,15,26H,11-14H2,1H3. The monoisotopic (exact) mass is 451 g/mol. The molecule has 2 aromatic carbocycles. The van der Waals surface area contributed by atoms with Gasteiger partial charge in [0.2, 0.25) is 0 Å². The largest absolute Gasteiger partial charge is 0.243 e. The van der Waals surface area contributed by atoms with Crippen LogP contribution in [0.5, 0.6) is 0 Å². The Labute approximate surface area is 187 Å². The number of thiazole rings is 1. The fourth-order valence-electron chi connectivity index (χ4n) is 4.00. The number of rotatable bonds is 7. The summed E-state index contributed by atoms with van der Waals surface area (Å²) < 4.78 is 28.8. The van der Waals surface area contributed by atoms with Crippen molar-refractivity contribution >= 4 is 32.7 Å². The van der Waals surface area contributed by atoms with E-state index in [9.17, 15) is 8.60 Å². The zero-order valence-corrected chi connectivity index (χ0v) is 18.7. The van der Waals surface area contributed by atoms with E-state index in [1.807, 2.05) is 18.2 Å². The lowest BCUT2D eigenvalue weighted by atomic mass is 9.92. The molecule has 2 aromatic heterocycles. The Bertz CT molecular complexity index is 1270. The molecule has 1 N–H and O–H groups in total. The first-order valence-electron chi connectivity index (χ1n) is 10.2. The third-order valence-corrected chi connectivity index (χ3v) is 7.41. The summed E-state index contributed by atoms with van der Waals surface area (Å²) in [7, 11) is -1.06. The molecular weight excluding hydrogens is 429 g/mol. The quantitative estimate of drug-likeness (QED) is 0.430. The molecule has 158 valence electrons. The molecule has 0 radical (unpaired) electrons. The second-order valence-electron chi connectivity index (χ2n) is 7.90. The Balaban J connectivity index is 1.43. The molecule has 0 saturated heterocycles. The van der Waals surface area contributed by atoms with Gasteiger partial charge in [-0.25, -0.2) is 23.3 Å². The highest BCUT2D eigenvalue weighted by atomic mass is 32.2. The predicted molar refractivity (Wildman–Crippen MR) is 125 cm³/mol. The minimum absolute atomic E-state index is 0.00267. The van der Waals surface area contributed by atoms with Crippen molar-refractivity contribution in [2.45, 2.75) is 24.7 Å². The maximum absolute atomic E-state index is 14.8. The van der Waals surface area contributed by atoms with Gasteiger partial charge in [0.1, 0.15) is 21.2 Å². The second-order valence-corrected chi connectivity index (χ2v) is 10.1. The molecule has 0 bridgehead atoms. The van der Waals surface area contributed by atoms with Gasteiger partial charge in [0.15, 0.2) is 0 Å². The summed E-state index contributed by atoms with van der Waals surface area (Å²) in [4.78, 5) is 10.4. The number of benzene rings is 2. The Morgan fingerprint density at radius 2 is 1.90 bits per heavy atom. The molecule has 4 nitrogen and oxygen atoms in total. The van der Waals surface area contributed by atoms with Gasteiger partial charge in [-0.15, -0.1) is 0 Å². The van der Waals surface area contributed by atoms with Crippen LogP contribution in [0.4, 0.5) is 4.39 Å². The number of hydrogen-bond acceptors (Lipinski definition) is 4. The van der Waals surface area contributed by atoms with Crippen LogP contribution < -0.4 is 4.72 Å². The van der Waals surface area contributed by atoms with E-state index in [1.54, 1.807) is 12.3 Å². The van der Waals surface area contributed by atoms with Crippen molar-refractivity contribution in [2.75, 3.05) is 12.8 Å². The Morgan fingerprint density at radius 1 is 1.10 bits per heavy atom. The van der Waals surface area contributed by atoms with E-state index < -0.39 is 11.0 Å². The molecule has 1 unspecified atom stereocenters. The number of aromatic nitrogens is 2. The minimum Gasteiger partial charge on any atom is -0.243 e. The van der Waals surface area contributed by atoms with Gasteiger partial charge < -0.3 is 0 Å². The SMILES string of the molecule is CS(=O)NCCc1ccc(-c2nc3ccc(C4(c5ccccc5)CC4)nc3s2)c(F)c1. The second kappa shape index (κ2) is 8.22. The van der Waals surface area contributed by atoms with Crippen molar-refractivity contribution in [2.24, 2.45) is 0 Å². The van der Waals surface area contributed by atoms with E-state index in [2.05, 4.69) is 40.0 Å². The van der Waals surface area contributed by atoms with E-state index in [0.717, 1.165) is 34.4 Å². The van der Waals surface area contributed by atoms with Crippen LogP contribution >= 0.6 is 11.3 Å². The lowest BCUT2D eigenvalue weighted by Crippen LogP contribution is -2.18. The summed E-state index contributed by atoms with van der Waals surface area (Å²) in [5, 5.41) is 0.640. The van der Waals surface area contributed by atoms with Crippen molar-refractivity contribution in [3.8, 4) is 10.6 Å². The van der Waals surface area contributed by atoms with Gasteiger partial charge in [-0.3, -0.25) is 0 Å². The van der Waals surface area contributed by atoms with Gasteiger partial charge >= 0.3 is 0 Å². The van der Waals surface area contributed by atoms with Gasteiger partial charge in [0.05, 0.1) is 16.7 Å². The molecule has 4 aromatic rings. The average molecular weight is 452 g/mol. The molecule has 0 aliphatic heterocycles. The fraction of sp³-hybridized carbons (Fsp3) is 0.250. The highest BCUT2D eigenvalue weighted by molar-refractivity contribution is 7.82.